The summed E-state index contributed by atoms with van der Waals surface area (Å²) in [5, 5.41) is 3.59. The van der Waals surface area contributed by atoms with E-state index in [1.165, 1.54) is 35.7 Å². The van der Waals surface area contributed by atoms with E-state index in [2.05, 4.69) is 26.3 Å². The molecule has 2 aliphatic rings. The average molecular weight is 452 g/mol. The summed E-state index contributed by atoms with van der Waals surface area (Å²) in [5.74, 6) is 0.413. The van der Waals surface area contributed by atoms with E-state index in [0.717, 1.165) is 36.1 Å². The first kappa shape index (κ1) is 22.5. The molecule has 0 saturated carbocycles. The van der Waals surface area contributed by atoms with Crippen LogP contribution in [0.5, 0.6) is 0 Å². The molecule has 0 aromatic carbocycles. The number of carbonyl (C=O) groups is 2. The van der Waals surface area contributed by atoms with Crippen molar-refractivity contribution in [3.05, 3.63) is 58.7 Å². The highest BCUT2D eigenvalue weighted by molar-refractivity contribution is 7.99. The fourth-order valence-electron chi connectivity index (χ4n) is 4.27. The van der Waals surface area contributed by atoms with Crippen molar-refractivity contribution in [3.8, 4) is 0 Å². The van der Waals surface area contributed by atoms with Crippen LogP contribution >= 0.6 is 11.8 Å². The van der Waals surface area contributed by atoms with E-state index in [-0.39, 0.29) is 17.6 Å². The van der Waals surface area contributed by atoms with Crippen LogP contribution in [0.25, 0.3) is 0 Å². The maximum atomic E-state index is 12.8. The Labute approximate surface area is 193 Å². The molecule has 0 radical (unpaired) electrons. The molecule has 1 N–H and O–H groups in total. The third-order valence-electron chi connectivity index (χ3n) is 6.05. The van der Waals surface area contributed by atoms with Crippen molar-refractivity contribution in [2.24, 2.45) is 0 Å². The van der Waals surface area contributed by atoms with Crippen molar-refractivity contribution in [1.82, 2.24) is 25.2 Å². The van der Waals surface area contributed by atoms with Gasteiger partial charge in [0.15, 0.2) is 5.16 Å². The summed E-state index contributed by atoms with van der Waals surface area (Å²) >= 11 is 1.32. The average Bonchev–Trinajstić information content (AvgIpc) is 2.83. The second kappa shape index (κ2) is 10.7. The van der Waals surface area contributed by atoms with Crippen molar-refractivity contribution >= 4 is 23.6 Å². The molecule has 0 saturated heterocycles. The highest BCUT2D eigenvalue weighted by atomic mass is 32.2. The summed E-state index contributed by atoms with van der Waals surface area (Å²) in [7, 11) is 0. The molecule has 3 heterocycles. The van der Waals surface area contributed by atoms with Crippen LogP contribution in [0.3, 0.4) is 0 Å². The van der Waals surface area contributed by atoms with Gasteiger partial charge in [0, 0.05) is 50.3 Å². The molecule has 0 atom stereocenters. The van der Waals surface area contributed by atoms with Crippen LogP contribution in [0.2, 0.25) is 0 Å². The Morgan fingerprint density at radius 1 is 1.16 bits per heavy atom. The molecular formula is C24H29N5O2S. The zero-order chi connectivity index (χ0) is 22.3. The van der Waals surface area contributed by atoms with Gasteiger partial charge in [-0.3, -0.25) is 14.6 Å². The number of nitrogens with one attached hydrogen (secondary N) is 1. The van der Waals surface area contributed by atoms with Crippen LogP contribution in [0.15, 0.2) is 41.5 Å². The zero-order valence-electron chi connectivity index (χ0n) is 18.5. The molecule has 32 heavy (non-hydrogen) atoms. The minimum Gasteiger partial charge on any atom is -0.351 e. The summed E-state index contributed by atoms with van der Waals surface area (Å²) in [6, 6.07) is 1.75. The smallest absolute Gasteiger partial charge is 0.230 e. The highest BCUT2D eigenvalue weighted by Crippen LogP contribution is 2.26. The SMILES string of the molecule is Cc1ncc2c(c1CNC(=O)CSc1ncccn1)CCN(C(=O)CC1=CCCCC1)C2. The molecule has 8 heteroatoms. The van der Waals surface area contributed by atoms with Gasteiger partial charge in [0.2, 0.25) is 11.8 Å². The predicted octanol–water partition coefficient (Wildman–Crippen LogP) is 3.36. The third kappa shape index (κ3) is 5.73. The van der Waals surface area contributed by atoms with E-state index in [4.69, 9.17) is 0 Å². The van der Waals surface area contributed by atoms with Crippen molar-refractivity contribution in [2.75, 3.05) is 12.3 Å². The van der Waals surface area contributed by atoms with Gasteiger partial charge in [-0.25, -0.2) is 9.97 Å². The Morgan fingerprint density at radius 3 is 2.78 bits per heavy atom. The van der Waals surface area contributed by atoms with E-state index in [0.29, 0.717) is 31.2 Å². The Balaban J connectivity index is 1.35. The van der Waals surface area contributed by atoms with Gasteiger partial charge in [-0.2, -0.15) is 0 Å². The molecule has 1 aliphatic heterocycles. The van der Waals surface area contributed by atoms with Gasteiger partial charge in [0.1, 0.15) is 0 Å². The van der Waals surface area contributed by atoms with Gasteiger partial charge < -0.3 is 10.2 Å². The number of pyridine rings is 1. The lowest BCUT2D eigenvalue weighted by molar-refractivity contribution is -0.131. The summed E-state index contributed by atoms with van der Waals surface area (Å²) in [5.41, 5.74) is 5.59. The number of rotatable bonds is 7. The normalized spacial score (nSPS) is 15.7. The fraction of sp³-hybridized carbons (Fsp3) is 0.458. The number of allylic oxidation sites excluding steroid dienone is 1. The van der Waals surface area contributed by atoms with Gasteiger partial charge in [0.05, 0.1) is 5.75 Å². The number of carbonyl (C=O) groups excluding carboxylic acids is 2. The predicted molar refractivity (Wildman–Crippen MR) is 124 cm³/mol. The molecule has 4 rings (SSSR count). The number of fused-ring (bicyclic) bond motifs is 1. The van der Waals surface area contributed by atoms with E-state index in [9.17, 15) is 9.59 Å². The number of nitrogens with zero attached hydrogens (tertiary/aromatic N) is 4. The lowest BCUT2D eigenvalue weighted by atomic mass is 9.93. The van der Waals surface area contributed by atoms with Crippen LogP contribution in [-0.4, -0.2) is 44.0 Å². The van der Waals surface area contributed by atoms with Crippen molar-refractivity contribution in [3.63, 3.8) is 0 Å². The molecule has 2 aromatic rings. The first-order valence-electron chi connectivity index (χ1n) is 11.2. The molecule has 2 aromatic heterocycles. The van der Waals surface area contributed by atoms with Gasteiger partial charge in [-0.15, -0.1) is 0 Å². The number of hydrogen-bond donors (Lipinski definition) is 1. The van der Waals surface area contributed by atoms with Crippen LogP contribution < -0.4 is 5.32 Å². The van der Waals surface area contributed by atoms with Gasteiger partial charge in [-0.1, -0.05) is 23.4 Å². The lowest BCUT2D eigenvalue weighted by Gasteiger charge is -2.31. The number of thioether (sulfide) groups is 1. The van der Waals surface area contributed by atoms with Gasteiger partial charge in [-0.05, 0) is 61.8 Å². The second-order valence-electron chi connectivity index (χ2n) is 8.27. The first-order valence-corrected chi connectivity index (χ1v) is 12.2. The highest BCUT2D eigenvalue weighted by Gasteiger charge is 2.24. The van der Waals surface area contributed by atoms with Crippen LogP contribution in [0, 0.1) is 6.92 Å². The van der Waals surface area contributed by atoms with E-state index < -0.39 is 0 Å². The standard InChI is InChI=1S/C24H29N5O2S/c1-17-21(14-28-22(30)16-32-24-25-9-5-10-26-24)20-8-11-29(15-19(20)13-27-17)23(31)12-18-6-3-2-4-7-18/h5-6,9-10,13H,2-4,7-8,11-12,14-16H2,1H3,(H,28,30). The molecule has 7 nitrogen and oxygen atoms in total. The van der Waals surface area contributed by atoms with E-state index in [1.807, 2.05) is 18.0 Å². The summed E-state index contributed by atoms with van der Waals surface area (Å²) in [6.07, 6.45) is 13.4. The summed E-state index contributed by atoms with van der Waals surface area (Å²) in [4.78, 5) is 39.9. The molecule has 0 fully saturated rings. The van der Waals surface area contributed by atoms with Crippen molar-refractivity contribution < 1.29 is 9.59 Å². The topological polar surface area (TPSA) is 88.1 Å². The van der Waals surface area contributed by atoms with Crippen LogP contribution in [0.1, 0.15) is 54.5 Å². The molecule has 1 aliphatic carbocycles. The van der Waals surface area contributed by atoms with E-state index in [1.54, 1.807) is 18.5 Å². The number of amides is 2. The Hall–Kier alpha value is -2.74. The van der Waals surface area contributed by atoms with E-state index >= 15 is 0 Å². The summed E-state index contributed by atoms with van der Waals surface area (Å²) < 4.78 is 0. The third-order valence-corrected chi connectivity index (χ3v) is 6.92. The van der Waals surface area contributed by atoms with Gasteiger partial charge >= 0.3 is 0 Å². The number of aryl methyl sites for hydroxylation is 1. The zero-order valence-corrected chi connectivity index (χ0v) is 19.3. The van der Waals surface area contributed by atoms with Crippen molar-refractivity contribution in [2.45, 2.75) is 63.7 Å². The maximum absolute atomic E-state index is 12.8. The molecule has 168 valence electrons. The molecular weight excluding hydrogens is 422 g/mol. The summed E-state index contributed by atoms with van der Waals surface area (Å²) in [6.45, 7) is 3.72. The molecule has 0 spiro atoms. The number of aromatic nitrogens is 3. The Bertz CT molecular complexity index is 1010. The first-order chi connectivity index (χ1) is 15.6. The van der Waals surface area contributed by atoms with Crippen LogP contribution in [-0.2, 0) is 29.1 Å². The van der Waals surface area contributed by atoms with Crippen molar-refractivity contribution in [1.29, 1.82) is 0 Å². The maximum Gasteiger partial charge on any atom is 0.230 e. The fourth-order valence-corrected chi connectivity index (χ4v) is 4.90. The second-order valence-corrected chi connectivity index (χ2v) is 9.22. The molecule has 0 bridgehead atoms. The quantitative estimate of drug-likeness (QED) is 0.395. The lowest BCUT2D eigenvalue weighted by Crippen LogP contribution is -2.37. The molecule has 2 amide bonds. The largest absolute Gasteiger partial charge is 0.351 e. The molecule has 0 unspecified atom stereocenters. The minimum absolute atomic E-state index is 0.0622. The Morgan fingerprint density at radius 2 is 2.00 bits per heavy atom. The van der Waals surface area contributed by atoms with Crippen LogP contribution in [0.4, 0.5) is 0 Å². The number of hydrogen-bond acceptors (Lipinski definition) is 6. The van der Waals surface area contributed by atoms with Gasteiger partial charge in [0.25, 0.3) is 0 Å². The minimum atomic E-state index is -0.0622. The monoisotopic (exact) mass is 451 g/mol. The Kier molecular flexibility index (Phi) is 7.52.